The Morgan fingerprint density at radius 2 is 1.69 bits per heavy atom. The van der Waals surface area contributed by atoms with E-state index in [-0.39, 0.29) is 5.91 Å². The summed E-state index contributed by atoms with van der Waals surface area (Å²) >= 11 is 6.58. The molecule has 0 atom stereocenters. The van der Waals surface area contributed by atoms with Crippen molar-refractivity contribution in [1.29, 1.82) is 0 Å². The van der Waals surface area contributed by atoms with Crippen LogP contribution in [0.15, 0.2) is 60.0 Å². The van der Waals surface area contributed by atoms with E-state index in [1.165, 1.54) is 16.7 Å². The van der Waals surface area contributed by atoms with Gasteiger partial charge in [0.2, 0.25) is 0 Å². The Kier molecular flexibility index (Phi) is 8.58. The van der Waals surface area contributed by atoms with Crippen molar-refractivity contribution in [2.45, 2.75) is 6.42 Å². The molecule has 6 nitrogen and oxygen atoms in total. The summed E-state index contributed by atoms with van der Waals surface area (Å²) in [4.78, 5) is 14.7. The zero-order valence-electron chi connectivity index (χ0n) is 18.0. The maximum Gasteiger partial charge on any atom is 0.266 e. The van der Waals surface area contributed by atoms with Crippen LogP contribution in [-0.2, 0) is 4.79 Å². The molecule has 0 bridgehead atoms. The van der Waals surface area contributed by atoms with E-state index in [2.05, 4.69) is 6.58 Å². The van der Waals surface area contributed by atoms with Crippen LogP contribution in [0.2, 0.25) is 0 Å². The molecule has 1 aliphatic rings. The SMILES string of the molecule is C=CCN1C(=O)C(=Cc2cccc(OC)c2OCCCOc2ccccc2OC)SC1=S. The summed E-state index contributed by atoms with van der Waals surface area (Å²) in [6, 6.07) is 13.1. The third-order valence-electron chi connectivity index (χ3n) is 4.56. The Bertz CT molecular complexity index is 1020. The van der Waals surface area contributed by atoms with E-state index >= 15 is 0 Å². The predicted octanol–water partition coefficient (Wildman–Crippen LogP) is 4.94. The minimum Gasteiger partial charge on any atom is -0.493 e. The van der Waals surface area contributed by atoms with E-state index in [1.807, 2.05) is 42.5 Å². The zero-order valence-corrected chi connectivity index (χ0v) is 19.7. The second-order valence-electron chi connectivity index (χ2n) is 6.66. The van der Waals surface area contributed by atoms with E-state index in [4.69, 9.17) is 31.2 Å². The molecule has 2 aromatic rings. The summed E-state index contributed by atoms with van der Waals surface area (Å²) in [7, 11) is 3.19. The van der Waals surface area contributed by atoms with Gasteiger partial charge in [-0.2, -0.15) is 0 Å². The molecule has 1 amide bonds. The van der Waals surface area contributed by atoms with Crippen LogP contribution in [0, 0.1) is 0 Å². The van der Waals surface area contributed by atoms with Crippen molar-refractivity contribution in [3.05, 3.63) is 65.6 Å². The van der Waals surface area contributed by atoms with E-state index < -0.39 is 0 Å². The van der Waals surface area contributed by atoms with Gasteiger partial charge in [0.05, 0.1) is 32.3 Å². The fraction of sp³-hybridized carbons (Fsp3) is 0.250. The van der Waals surface area contributed by atoms with Crippen LogP contribution in [0.5, 0.6) is 23.0 Å². The molecule has 1 fully saturated rings. The molecule has 0 saturated carbocycles. The molecule has 1 saturated heterocycles. The first-order chi connectivity index (χ1) is 15.6. The van der Waals surface area contributed by atoms with Crippen molar-refractivity contribution in [2.75, 3.05) is 34.0 Å². The topological polar surface area (TPSA) is 57.2 Å². The van der Waals surface area contributed by atoms with Gasteiger partial charge in [-0.3, -0.25) is 9.69 Å². The first kappa shape index (κ1) is 23.7. The Hall–Kier alpha value is -2.97. The Balaban J connectivity index is 1.67. The normalized spacial score (nSPS) is 14.6. The Morgan fingerprint density at radius 1 is 1.00 bits per heavy atom. The summed E-state index contributed by atoms with van der Waals surface area (Å²) < 4.78 is 23.1. The Labute approximate surface area is 197 Å². The van der Waals surface area contributed by atoms with Crippen LogP contribution >= 0.6 is 24.0 Å². The molecule has 2 aromatic carbocycles. The summed E-state index contributed by atoms with van der Waals surface area (Å²) in [6.45, 7) is 4.94. The number of para-hydroxylation sites is 3. The van der Waals surface area contributed by atoms with Gasteiger partial charge < -0.3 is 18.9 Å². The molecule has 8 heteroatoms. The van der Waals surface area contributed by atoms with Gasteiger partial charge in [0.15, 0.2) is 23.0 Å². The minimum atomic E-state index is -0.140. The Morgan fingerprint density at radius 3 is 2.41 bits per heavy atom. The highest BCUT2D eigenvalue weighted by Gasteiger charge is 2.31. The minimum absolute atomic E-state index is 0.140. The largest absolute Gasteiger partial charge is 0.493 e. The van der Waals surface area contributed by atoms with Crippen molar-refractivity contribution in [3.63, 3.8) is 0 Å². The molecule has 0 aliphatic carbocycles. The standard InChI is InChI=1S/C24H25NO5S2/c1-4-13-25-23(26)21(32-24(25)31)16-17-9-7-12-20(28-3)22(17)30-15-8-14-29-19-11-6-5-10-18(19)27-2/h4-7,9-12,16H,1,8,13-15H2,2-3H3. The zero-order chi connectivity index (χ0) is 22.9. The van der Waals surface area contributed by atoms with Crippen molar-refractivity contribution in [1.82, 2.24) is 4.90 Å². The number of amides is 1. The highest BCUT2D eigenvalue weighted by molar-refractivity contribution is 8.26. The summed E-state index contributed by atoms with van der Waals surface area (Å²) in [5.74, 6) is 2.40. The molecule has 3 rings (SSSR count). The highest BCUT2D eigenvalue weighted by Crippen LogP contribution is 2.37. The first-order valence-electron chi connectivity index (χ1n) is 10.0. The molecule has 1 aliphatic heterocycles. The lowest BCUT2D eigenvalue weighted by Crippen LogP contribution is -2.27. The molecule has 168 valence electrons. The second kappa shape index (κ2) is 11.6. The van der Waals surface area contributed by atoms with Crippen molar-refractivity contribution in [2.24, 2.45) is 0 Å². The lowest BCUT2D eigenvalue weighted by atomic mass is 10.1. The third kappa shape index (κ3) is 5.63. The van der Waals surface area contributed by atoms with E-state index in [0.29, 0.717) is 58.4 Å². The van der Waals surface area contributed by atoms with Crippen LogP contribution < -0.4 is 18.9 Å². The lowest BCUT2D eigenvalue weighted by Gasteiger charge is -2.14. The smallest absolute Gasteiger partial charge is 0.266 e. The van der Waals surface area contributed by atoms with Gasteiger partial charge >= 0.3 is 0 Å². The van der Waals surface area contributed by atoms with Crippen LogP contribution in [0.3, 0.4) is 0 Å². The molecular formula is C24H25NO5S2. The maximum atomic E-state index is 12.7. The molecule has 0 spiro atoms. The number of hydrogen-bond donors (Lipinski definition) is 0. The first-order valence-corrected chi connectivity index (χ1v) is 11.2. The number of carbonyl (C=O) groups excluding carboxylic acids is 1. The molecule has 0 unspecified atom stereocenters. The van der Waals surface area contributed by atoms with E-state index in [1.54, 1.807) is 26.4 Å². The van der Waals surface area contributed by atoms with Crippen molar-refractivity contribution >= 4 is 40.3 Å². The molecular weight excluding hydrogens is 446 g/mol. The number of rotatable bonds is 11. The number of nitrogens with zero attached hydrogens (tertiary/aromatic N) is 1. The van der Waals surface area contributed by atoms with E-state index in [0.717, 1.165) is 5.56 Å². The van der Waals surface area contributed by atoms with Gasteiger partial charge in [0.25, 0.3) is 5.91 Å². The van der Waals surface area contributed by atoms with Gasteiger partial charge in [-0.05, 0) is 24.3 Å². The average Bonchev–Trinajstić information content (AvgIpc) is 3.07. The number of thioether (sulfide) groups is 1. The van der Waals surface area contributed by atoms with Crippen LogP contribution in [0.4, 0.5) is 0 Å². The molecule has 0 radical (unpaired) electrons. The molecule has 0 N–H and O–H groups in total. The van der Waals surface area contributed by atoms with Gasteiger partial charge in [0.1, 0.15) is 4.32 Å². The summed E-state index contributed by atoms with van der Waals surface area (Å²) in [6.07, 6.45) is 4.09. The molecule has 0 aromatic heterocycles. The number of methoxy groups -OCH3 is 2. The third-order valence-corrected chi connectivity index (χ3v) is 5.94. The van der Waals surface area contributed by atoms with Gasteiger partial charge in [-0.1, -0.05) is 54.3 Å². The van der Waals surface area contributed by atoms with Crippen LogP contribution in [-0.4, -0.2) is 49.1 Å². The predicted molar refractivity (Wildman–Crippen MR) is 132 cm³/mol. The summed E-state index contributed by atoms with van der Waals surface area (Å²) in [5.41, 5.74) is 0.745. The van der Waals surface area contributed by atoms with Crippen LogP contribution in [0.1, 0.15) is 12.0 Å². The lowest BCUT2D eigenvalue weighted by molar-refractivity contribution is -0.121. The van der Waals surface area contributed by atoms with E-state index in [9.17, 15) is 4.79 Å². The van der Waals surface area contributed by atoms with Gasteiger partial charge in [-0.15, -0.1) is 6.58 Å². The average molecular weight is 472 g/mol. The number of thiocarbonyl (C=S) groups is 1. The molecule has 32 heavy (non-hydrogen) atoms. The van der Waals surface area contributed by atoms with Crippen molar-refractivity contribution in [3.8, 4) is 23.0 Å². The second-order valence-corrected chi connectivity index (χ2v) is 8.34. The highest BCUT2D eigenvalue weighted by atomic mass is 32.2. The van der Waals surface area contributed by atoms with Gasteiger partial charge in [-0.25, -0.2) is 0 Å². The fourth-order valence-corrected chi connectivity index (χ4v) is 4.31. The maximum absolute atomic E-state index is 12.7. The fourth-order valence-electron chi connectivity index (χ4n) is 3.04. The number of benzene rings is 2. The van der Waals surface area contributed by atoms with Gasteiger partial charge in [0, 0.05) is 18.5 Å². The number of carbonyl (C=O) groups is 1. The van der Waals surface area contributed by atoms with Crippen LogP contribution in [0.25, 0.3) is 6.08 Å². The molecule has 1 heterocycles. The number of ether oxygens (including phenoxy) is 4. The number of hydrogen-bond acceptors (Lipinski definition) is 7. The summed E-state index contributed by atoms with van der Waals surface area (Å²) in [5, 5.41) is 0. The monoisotopic (exact) mass is 471 g/mol. The van der Waals surface area contributed by atoms with Crippen molar-refractivity contribution < 1.29 is 23.7 Å². The quantitative estimate of drug-likeness (QED) is 0.199.